The van der Waals surface area contributed by atoms with E-state index in [-0.39, 0.29) is 35.2 Å². The zero-order valence-corrected chi connectivity index (χ0v) is 27.0. The van der Waals surface area contributed by atoms with Crippen LogP contribution < -0.4 is 0 Å². The number of allylic oxidation sites excluding steroid dienone is 2. The maximum atomic E-state index is 10.5. The van der Waals surface area contributed by atoms with Gasteiger partial charge in [-0.3, -0.25) is 0 Å². The van der Waals surface area contributed by atoms with E-state index in [1.807, 2.05) is 0 Å². The predicted octanol–water partition coefficient (Wildman–Crippen LogP) is 7.34. The van der Waals surface area contributed by atoms with Crippen molar-refractivity contribution >= 4 is 0 Å². The molecule has 4 N–H and O–H groups in total. The number of aliphatic hydroxyl groups excluding tert-OH is 4. The molecule has 6 saturated carbocycles. The van der Waals surface area contributed by atoms with E-state index in [1.54, 1.807) is 11.1 Å². The maximum Gasteiger partial charge on any atom is 0.0596 e. The molecule has 4 heteroatoms. The van der Waals surface area contributed by atoms with E-state index in [1.165, 1.54) is 51.4 Å². The van der Waals surface area contributed by atoms with E-state index in [2.05, 4.69) is 39.8 Å². The Morgan fingerprint density at radius 1 is 0.500 bits per heavy atom. The Hall–Kier alpha value is -0.680. The minimum Gasteiger partial charge on any atom is -0.393 e. The first-order valence-corrected chi connectivity index (χ1v) is 18.0. The third-order valence-corrected chi connectivity index (χ3v) is 16.1. The quantitative estimate of drug-likeness (QED) is 0.226. The van der Waals surface area contributed by atoms with Crippen molar-refractivity contribution in [1.29, 1.82) is 0 Å². The van der Waals surface area contributed by atoms with Gasteiger partial charge < -0.3 is 20.4 Å². The standard InChI is InChI=1S/2C19H30O2/c2*1-18-9-7-13(20)11-12(18)3-4-14-15-5-6-17(21)19(15,2)10-8-16(14)18/h2*3,13-17,20-21H,4-11H2,1-2H3/t2*13-,14-,15-,16-,17-,18-,19-/m00/s1. The summed E-state index contributed by atoms with van der Waals surface area (Å²) in [5.41, 5.74) is 4.11. The highest BCUT2D eigenvalue weighted by molar-refractivity contribution is 5.26. The van der Waals surface area contributed by atoms with E-state index < -0.39 is 0 Å². The van der Waals surface area contributed by atoms with Crippen LogP contribution in [0.4, 0.5) is 0 Å². The predicted molar refractivity (Wildman–Crippen MR) is 167 cm³/mol. The zero-order chi connectivity index (χ0) is 29.7. The maximum absolute atomic E-state index is 10.5. The highest BCUT2D eigenvalue weighted by Crippen LogP contribution is 2.66. The summed E-state index contributed by atoms with van der Waals surface area (Å²) >= 11 is 0. The van der Waals surface area contributed by atoms with Crippen LogP contribution in [0.5, 0.6) is 0 Å². The van der Waals surface area contributed by atoms with E-state index in [0.717, 1.165) is 75.0 Å². The molecule has 0 aromatic rings. The Bertz CT molecular complexity index is 1030. The summed E-state index contributed by atoms with van der Waals surface area (Å²) in [6, 6.07) is 0. The van der Waals surface area contributed by atoms with Gasteiger partial charge in [0.1, 0.15) is 0 Å². The van der Waals surface area contributed by atoms with Gasteiger partial charge in [0, 0.05) is 0 Å². The number of fused-ring (bicyclic) bond motifs is 10. The van der Waals surface area contributed by atoms with Gasteiger partial charge in [0.25, 0.3) is 0 Å². The first kappa shape index (κ1) is 30.0. The van der Waals surface area contributed by atoms with Crippen LogP contribution in [0.2, 0.25) is 0 Å². The van der Waals surface area contributed by atoms with Crippen molar-refractivity contribution in [3.63, 3.8) is 0 Å². The third kappa shape index (κ3) is 4.34. The van der Waals surface area contributed by atoms with Crippen molar-refractivity contribution in [3.05, 3.63) is 23.3 Å². The molecule has 0 bridgehead atoms. The van der Waals surface area contributed by atoms with Crippen molar-refractivity contribution in [3.8, 4) is 0 Å². The second-order valence-corrected chi connectivity index (χ2v) is 17.6. The summed E-state index contributed by atoms with van der Waals surface area (Å²) < 4.78 is 0. The van der Waals surface area contributed by atoms with E-state index >= 15 is 0 Å². The van der Waals surface area contributed by atoms with Gasteiger partial charge in [0.05, 0.1) is 24.4 Å². The molecular weight excluding hydrogens is 520 g/mol. The largest absolute Gasteiger partial charge is 0.393 e. The van der Waals surface area contributed by atoms with Crippen LogP contribution in [-0.4, -0.2) is 44.8 Å². The van der Waals surface area contributed by atoms with Gasteiger partial charge in [0.15, 0.2) is 0 Å². The molecule has 8 rings (SSSR count). The van der Waals surface area contributed by atoms with Crippen LogP contribution in [0.1, 0.15) is 130 Å². The van der Waals surface area contributed by atoms with Crippen LogP contribution in [0, 0.1) is 57.2 Å². The van der Waals surface area contributed by atoms with E-state index in [4.69, 9.17) is 0 Å². The highest BCUT2D eigenvalue weighted by atomic mass is 16.3. The van der Waals surface area contributed by atoms with Crippen molar-refractivity contribution in [2.45, 2.75) is 155 Å². The van der Waals surface area contributed by atoms with Crippen LogP contribution in [-0.2, 0) is 0 Å². The van der Waals surface area contributed by atoms with E-state index in [9.17, 15) is 20.4 Å². The van der Waals surface area contributed by atoms with Crippen LogP contribution in [0.25, 0.3) is 0 Å². The molecular formula is C38H60O4. The van der Waals surface area contributed by atoms with Crippen LogP contribution in [0.15, 0.2) is 23.3 Å². The average molecular weight is 581 g/mol. The normalized spacial score (nSPS) is 56.2. The van der Waals surface area contributed by atoms with Crippen molar-refractivity contribution in [1.82, 2.24) is 0 Å². The molecule has 8 aliphatic carbocycles. The molecule has 8 aliphatic rings. The average Bonchev–Trinajstić information content (AvgIpc) is 3.44. The van der Waals surface area contributed by atoms with Gasteiger partial charge in [-0.05, 0) is 160 Å². The smallest absolute Gasteiger partial charge is 0.0596 e. The van der Waals surface area contributed by atoms with Gasteiger partial charge in [-0.1, -0.05) is 51.0 Å². The van der Waals surface area contributed by atoms with Gasteiger partial charge >= 0.3 is 0 Å². The lowest BCUT2D eigenvalue weighted by atomic mass is 9.48. The first-order valence-electron chi connectivity index (χ1n) is 18.0. The number of rotatable bonds is 0. The van der Waals surface area contributed by atoms with Crippen molar-refractivity contribution in [2.75, 3.05) is 0 Å². The number of aliphatic hydroxyl groups is 4. The van der Waals surface area contributed by atoms with Gasteiger partial charge in [-0.25, -0.2) is 0 Å². The molecule has 236 valence electrons. The Kier molecular flexibility index (Phi) is 7.45. The molecule has 14 atom stereocenters. The monoisotopic (exact) mass is 580 g/mol. The van der Waals surface area contributed by atoms with Gasteiger partial charge in [-0.15, -0.1) is 0 Å². The van der Waals surface area contributed by atoms with Gasteiger partial charge in [-0.2, -0.15) is 0 Å². The molecule has 4 nitrogen and oxygen atoms in total. The lowest BCUT2D eigenvalue weighted by Gasteiger charge is -2.57. The lowest BCUT2D eigenvalue weighted by molar-refractivity contribution is -0.0712. The SMILES string of the molecule is C[C@]12CC[C@H]3[C@@H](CC=C4C[C@@H](O)CC[C@@]43C)[C@@H]1CC[C@@H]2O.C[C@]12CC[C@H]3[C@@H](CC=C4C[C@@H](O)CC[C@@]43C)[C@@H]1CC[C@@H]2O. The molecule has 0 unspecified atom stereocenters. The summed E-state index contributed by atoms with van der Waals surface area (Å²) in [5.74, 6) is 4.54. The molecule has 0 amide bonds. The Morgan fingerprint density at radius 2 is 0.905 bits per heavy atom. The van der Waals surface area contributed by atoms with Crippen molar-refractivity contribution in [2.24, 2.45) is 57.2 Å². The molecule has 0 saturated heterocycles. The molecule has 0 aromatic carbocycles. The molecule has 0 heterocycles. The molecule has 6 fully saturated rings. The Labute approximate surface area is 255 Å². The summed E-state index contributed by atoms with van der Waals surface area (Å²) in [6.45, 7) is 9.63. The minimum atomic E-state index is -0.108. The molecule has 0 radical (unpaired) electrons. The molecule has 42 heavy (non-hydrogen) atoms. The summed E-state index contributed by atoms with van der Waals surface area (Å²) in [4.78, 5) is 0. The van der Waals surface area contributed by atoms with Crippen LogP contribution in [0.3, 0.4) is 0 Å². The van der Waals surface area contributed by atoms with Crippen molar-refractivity contribution < 1.29 is 20.4 Å². The topological polar surface area (TPSA) is 80.9 Å². The summed E-state index contributed by atoms with van der Waals surface area (Å²) in [5, 5.41) is 40.9. The molecule has 0 spiro atoms. The Balaban J connectivity index is 0.000000137. The number of hydrogen-bond donors (Lipinski definition) is 4. The third-order valence-electron chi connectivity index (χ3n) is 16.1. The second-order valence-electron chi connectivity index (χ2n) is 17.6. The highest BCUT2D eigenvalue weighted by Gasteiger charge is 2.60. The zero-order valence-electron chi connectivity index (χ0n) is 27.0. The van der Waals surface area contributed by atoms with Crippen LogP contribution >= 0.6 is 0 Å². The minimum absolute atomic E-state index is 0.0742. The summed E-state index contributed by atoms with van der Waals surface area (Å²) in [7, 11) is 0. The fourth-order valence-corrected chi connectivity index (χ4v) is 13.2. The molecule has 0 aliphatic heterocycles. The molecule has 0 aromatic heterocycles. The fourth-order valence-electron chi connectivity index (χ4n) is 13.2. The first-order chi connectivity index (χ1) is 19.9. The van der Waals surface area contributed by atoms with E-state index in [0.29, 0.717) is 22.7 Å². The number of hydrogen-bond acceptors (Lipinski definition) is 4. The van der Waals surface area contributed by atoms with Gasteiger partial charge in [0.2, 0.25) is 0 Å². The summed E-state index contributed by atoms with van der Waals surface area (Å²) in [6.07, 6.45) is 22.5. The lowest BCUT2D eigenvalue weighted by Crippen LogP contribution is -2.51. The Morgan fingerprint density at radius 3 is 1.31 bits per heavy atom. The fraction of sp³-hybridized carbons (Fsp3) is 0.895. The second kappa shape index (κ2) is 10.4.